The van der Waals surface area contributed by atoms with Gasteiger partial charge in [-0.3, -0.25) is 4.79 Å². The van der Waals surface area contributed by atoms with Crippen molar-refractivity contribution in [1.29, 1.82) is 0 Å². The lowest BCUT2D eigenvalue weighted by molar-refractivity contribution is -0.192. The average Bonchev–Trinajstić information content (AvgIpc) is 2.50. The highest BCUT2D eigenvalue weighted by Gasteiger charge is 2.62. The highest BCUT2D eigenvalue weighted by molar-refractivity contribution is 6.35. The number of carbonyl (C=O) groups excluding carboxylic acids is 2. The third-order valence-corrected chi connectivity index (χ3v) is 3.13. The Kier molecular flexibility index (Phi) is 5.88. The van der Waals surface area contributed by atoms with E-state index in [4.69, 9.17) is 11.6 Å². The molecule has 25 heavy (non-hydrogen) atoms. The summed E-state index contributed by atoms with van der Waals surface area (Å²) in [5, 5.41) is 0.681. The molecule has 0 aliphatic rings. The Morgan fingerprint density at radius 3 is 1.72 bits per heavy atom. The Bertz CT molecular complexity index is 694. The van der Waals surface area contributed by atoms with E-state index in [0.29, 0.717) is 5.32 Å². The summed E-state index contributed by atoms with van der Waals surface area (Å²) in [5.41, 5.74) is -2.25. The van der Waals surface area contributed by atoms with E-state index in [2.05, 4.69) is 4.74 Å². The van der Waals surface area contributed by atoms with Crippen LogP contribution < -0.4 is 5.32 Å². The van der Waals surface area contributed by atoms with Gasteiger partial charge in [0.1, 0.15) is 5.56 Å². The lowest BCUT2D eigenvalue weighted by Crippen LogP contribution is -2.60. The van der Waals surface area contributed by atoms with Crippen LogP contribution in [0.3, 0.4) is 0 Å². The molecule has 1 aromatic rings. The average molecular weight is 400 g/mol. The number of hydrogen-bond acceptors (Lipinski definition) is 3. The summed E-state index contributed by atoms with van der Waals surface area (Å²) in [6, 6.07) is 0. The molecule has 0 radical (unpaired) electrons. The number of halogens is 9. The van der Waals surface area contributed by atoms with Crippen molar-refractivity contribution in [2.45, 2.75) is 18.1 Å². The highest BCUT2D eigenvalue weighted by atomic mass is 35.5. The summed E-state index contributed by atoms with van der Waals surface area (Å²) in [7, 11) is 0. The maximum atomic E-state index is 13.5. The predicted molar refractivity (Wildman–Crippen MR) is 65.0 cm³/mol. The SMILES string of the molecule is CCOC(=O)C(Cl)(NC(=O)c1c(F)c(F)c(F)c(F)c1F)C(F)(F)F. The summed E-state index contributed by atoms with van der Waals surface area (Å²) in [5.74, 6) is -18.0. The zero-order valence-electron chi connectivity index (χ0n) is 11.8. The van der Waals surface area contributed by atoms with Crippen molar-refractivity contribution in [2.24, 2.45) is 0 Å². The Morgan fingerprint density at radius 1 is 0.960 bits per heavy atom. The van der Waals surface area contributed by atoms with Gasteiger partial charge < -0.3 is 10.1 Å². The molecule has 0 fully saturated rings. The second kappa shape index (κ2) is 7.02. The van der Waals surface area contributed by atoms with Crippen LogP contribution in [0, 0.1) is 29.1 Å². The molecule has 0 heterocycles. The fourth-order valence-electron chi connectivity index (χ4n) is 1.49. The molecule has 1 rings (SSSR count). The van der Waals surface area contributed by atoms with Crippen LogP contribution in [0.1, 0.15) is 17.3 Å². The second-order valence-corrected chi connectivity index (χ2v) is 4.84. The predicted octanol–water partition coefficient (Wildman–Crippen LogP) is 3.17. The fraction of sp³-hybridized carbons (Fsp3) is 0.333. The van der Waals surface area contributed by atoms with Gasteiger partial charge in [0, 0.05) is 0 Å². The number of amides is 1. The monoisotopic (exact) mass is 399 g/mol. The zero-order valence-corrected chi connectivity index (χ0v) is 12.6. The van der Waals surface area contributed by atoms with Crippen molar-refractivity contribution in [3.05, 3.63) is 34.6 Å². The third kappa shape index (κ3) is 3.62. The van der Waals surface area contributed by atoms with Gasteiger partial charge in [-0.25, -0.2) is 26.7 Å². The van der Waals surface area contributed by atoms with Gasteiger partial charge in [0.05, 0.1) is 6.61 Å². The van der Waals surface area contributed by atoms with Gasteiger partial charge in [-0.15, -0.1) is 0 Å². The minimum absolute atomic E-state index is 0.623. The summed E-state index contributed by atoms with van der Waals surface area (Å²) in [4.78, 5) is 18.7. The maximum absolute atomic E-state index is 13.5. The van der Waals surface area contributed by atoms with E-state index in [-0.39, 0.29) is 0 Å². The van der Waals surface area contributed by atoms with E-state index in [0.717, 1.165) is 6.92 Å². The Balaban J connectivity index is 3.44. The van der Waals surface area contributed by atoms with Gasteiger partial charge in [0.15, 0.2) is 23.3 Å². The first kappa shape index (κ1) is 20.9. The highest BCUT2D eigenvalue weighted by Crippen LogP contribution is 2.36. The molecular weight excluding hydrogens is 394 g/mol. The molecule has 1 atom stereocenters. The van der Waals surface area contributed by atoms with E-state index >= 15 is 0 Å². The van der Waals surface area contributed by atoms with Crippen LogP contribution in [-0.4, -0.2) is 29.7 Å². The standard InChI is InChI=1S/C12H6ClF8NO3/c1-2-25-10(24)11(13,12(19,20)21)22-9(23)3-4(14)6(16)8(18)7(17)5(3)15/h2H2,1H3,(H,22,23). The van der Waals surface area contributed by atoms with Crippen LogP contribution in [0.25, 0.3) is 0 Å². The van der Waals surface area contributed by atoms with Gasteiger partial charge in [0.25, 0.3) is 5.91 Å². The van der Waals surface area contributed by atoms with Gasteiger partial charge in [0.2, 0.25) is 5.82 Å². The molecule has 4 nitrogen and oxygen atoms in total. The lowest BCUT2D eigenvalue weighted by atomic mass is 10.1. The van der Waals surface area contributed by atoms with Crippen LogP contribution in [-0.2, 0) is 9.53 Å². The number of benzene rings is 1. The number of nitrogens with one attached hydrogen (secondary N) is 1. The van der Waals surface area contributed by atoms with Crippen LogP contribution >= 0.6 is 11.6 Å². The minimum atomic E-state index is -5.74. The van der Waals surface area contributed by atoms with E-state index < -0.39 is 64.3 Å². The molecule has 1 amide bonds. The van der Waals surface area contributed by atoms with Crippen molar-refractivity contribution < 1.29 is 49.4 Å². The Hall–Kier alpha value is -2.11. The largest absolute Gasteiger partial charge is 0.463 e. The number of hydrogen-bond donors (Lipinski definition) is 1. The zero-order chi connectivity index (χ0) is 19.7. The summed E-state index contributed by atoms with van der Waals surface area (Å²) >= 11 is 4.97. The minimum Gasteiger partial charge on any atom is -0.463 e. The first-order valence-electron chi connectivity index (χ1n) is 6.06. The number of alkyl halides is 4. The molecule has 0 bridgehead atoms. The molecule has 13 heteroatoms. The van der Waals surface area contributed by atoms with Crippen molar-refractivity contribution in [3.63, 3.8) is 0 Å². The summed E-state index contributed by atoms with van der Waals surface area (Å²) < 4.78 is 109. The van der Waals surface area contributed by atoms with Crippen LogP contribution in [0.15, 0.2) is 0 Å². The van der Waals surface area contributed by atoms with Gasteiger partial charge in [-0.05, 0) is 6.92 Å². The van der Waals surface area contributed by atoms with Crippen molar-refractivity contribution in [2.75, 3.05) is 6.61 Å². The normalized spacial score (nSPS) is 14.0. The molecule has 0 aliphatic heterocycles. The van der Waals surface area contributed by atoms with Crippen molar-refractivity contribution >= 4 is 23.5 Å². The summed E-state index contributed by atoms with van der Waals surface area (Å²) in [6.07, 6.45) is -5.74. The fourth-order valence-corrected chi connectivity index (χ4v) is 1.63. The van der Waals surface area contributed by atoms with Gasteiger partial charge in [-0.1, -0.05) is 11.6 Å². The number of rotatable bonds is 4. The number of ether oxygens (including phenoxy) is 1. The van der Waals surface area contributed by atoms with E-state index in [1.807, 2.05) is 0 Å². The lowest BCUT2D eigenvalue weighted by Gasteiger charge is -2.28. The molecule has 0 spiro atoms. The van der Waals surface area contributed by atoms with Gasteiger partial charge >= 0.3 is 17.1 Å². The quantitative estimate of drug-likeness (QED) is 0.211. The Morgan fingerprint density at radius 2 is 1.36 bits per heavy atom. The van der Waals surface area contributed by atoms with E-state index in [9.17, 15) is 44.7 Å². The molecule has 0 aromatic heterocycles. The molecular formula is C12H6ClF8NO3. The van der Waals surface area contributed by atoms with Gasteiger partial charge in [-0.2, -0.15) is 13.2 Å². The maximum Gasteiger partial charge on any atom is 0.437 e. The first-order chi connectivity index (χ1) is 11.3. The number of esters is 1. The van der Waals surface area contributed by atoms with Crippen molar-refractivity contribution in [3.8, 4) is 0 Å². The topological polar surface area (TPSA) is 55.4 Å². The Labute approximate surface area is 138 Å². The molecule has 1 aromatic carbocycles. The van der Waals surface area contributed by atoms with E-state index in [1.165, 1.54) is 0 Å². The molecule has 1 N–H and O–H groups in total. The van der Waals surface area contributed by atoms with E-state index in [1.54, 1.807) is 0 Å². The molecule has 140 valence electrons. The first-order valence-corrected chi connectivity index (χ1v) is 6.44. The van der Waals surface area contributed by atoms with Crippen LogP contribution in [0.2, 0.25) is 0 Å². The second-order valence-electron chi connectivity index (χ2n) is 4.28. The summed E-state index contributed by atoms with van der Waals surface area (Å²) in [6.45, 7) is 0.458. The molecule has 1 unspecified atom stereocenters. The van der Waals surface area contributed by atoms with Crippen molar-refractivity contribution in [1.82, 2.24) is 5.32 Å². The number of carbonyl (C=O) groups is 2. The van der Waals surface area contributed by atoms with Crippen LogP contribution in [0.5, 0.6) is 0 Å². The smallest absolute Gasteiger partial charge is 0.437 e. The third-order valence-electron chi connectivity index (χ3n) is 2.67. The molecule has 0 saturated heterocycles. The molecule has 0 saturated carbocycles. The molecule has 0 aliphatic carbocycles. The van der Waals surface area contributed by atoms with Crippen LogP contribution in [0.4, 0.5) is 35.1 Å².